The molecule has 2 aromatic carbocycles. The van der Waals surface area contributed by atoms with Crippen molar-refractivity contribution in [2.75, 3.05) is 0 Å². The third-order valence-electron chi connectivity index (χ3n) is 3.32. The SMILES string of the molecule is CC(C)(C)OC(=O)c1cccc2c(OC(=O)C(C)(C)C)cccc12. The molecule has 0 N–H and O–H groups in total. The summed E-state index contributed by atoms with van der Waals surface area (Å²) < 4.78 is 11.0. The number of rotatable bonds is 2. The molecule has 4 nitrogen and oxygen atoms in total. The van der Waals surface area contributed by atoms with Crippen molar-refractivity contribution in [2.45, 2.75) is 47.1 Å². The first kappa shape index (κ1) is 18.0. The summed E-state index contributed by atoms with van der Waals surface area (Å²) in [4.78, 5) is 24.6. The zero-order chi connectivity index (χ0) is 18.1. The fraction of sp³-hybridized carbons (Fsp3) is 0.400. The van der Waals surface area contributed by atoms with Crippen LogP contribution < -0.4 is 4.74 Å². The summed E-state index contributed by atoms with van der Waals surface area (Å²) in [5.41, 5.74) is -0.725. The molecule has 0 aliphatic carbocycles. The van der Waals surface area contributed by atoms with Crippen LogP contribution in [0.25, 0.3) is 10.8 Å². The van der Waals surface area contributed by atoms with Crippen molar-refractivity contribution in [1.82, 2.24) is 0 Å². The second-order valence-electron chi connectivity index (χ2n) is 7.80. The van der Waals surface area contributed by atoms with E-state index >= 15 is 0 Å². The number of carbonyl (C=O) groups is 2. The summed E-state index contributed by atoms with van der Waals surface area (Å²) in [5.74, 6) is -0.275. The van der Waals surface area contributed by atoms with Crippen molar-refractivity contribution >= 4 is 22.7 Å². The van der Waals surface area contributed by atoms with Gasteiger partial charge in [-0.15, -0.1) is 0 Å². The number of carbonyl (C=O) groups excluding carboxylic acids is 2. The van der Waals surface area contributed by atoms with Crippen LogP contribution in [0.1, 0.15) is 51.9 Å². The maximum absolute atomic E-state index is 12.4. The Kier molecular flexibility index (Phi) is 4.70. The first-order valence-corrected chi connectivity index (χ1v) is 7.96. The molecule has 0 aliphatic rings. The van der Waals surface area contributed by atoms with Gasteiger partial charge in [-0.2, -0.15) is 0 Å². The van der Waals surface area contributed by atoms with Gasteiger partial charge in [0.15, 0.2) is 0 Å². The predicted octanol–water partition coefficient (Wildman–Crippen LogP) is 4.75. The topological polar surface area (TPSA) is 52.6 Å². The van der Waals surface area contributed by atoms with Gasteiger partial charge in [0.2, 0.25) is 0 Å². The van der Waals surface area contributed by atoms with Crippen LogP contribution in [-0.2, 0) is 9.53 Å². The van der Waals surface area contributed by atoms with Gasteiger partial charge >= 0.3 is 11.9 Å². The van der Waals surface area contributed by atoms with E-state index in [1.165, 1.54) is 0 Å². The lowest BCUT2D eigenvalue weighted by atomic mass is 9.97. The van der Waals surface area contributed by atoms with Crippen molar-refractivity contribution in [3.8, 4) is 5.75 Å². The van der Waals surface area contributed by atoms with Crippen LogP contribution in [0.5, 0.6) is 5.75 Å². The van der Waals surface area contributed by atoms with Gasteiger partial charge in [0, 0.05) is 5.39 Å². The second-order valence-corrected chi connectivity index (χ2v) is 7.80. The molecule has 0 unspecified atom stereocenters. The molecule has 4 heteroatoms. The predicted molar refractivity (Wildman–Crippen MR) is 94.2 cm³/mol. The van der Waals surface area contributed by atoms with Crippen LogP contribution in [-0.4, -0.2) is 17.5 Å². The molecule has 0 radical (unpaired) electrons. The van der Waals surface area contributed by atoms with Crippen molar-refractivity contribution < 1.29 is 19.1 Å². The third kappa shape index (κ3) is 4.13. The summed E-state index contributed by atoms with van der Waals surface area (Å²) in [6.45, 7) is 10.9. The Morgan fingerprint density at radius 2 is 1.42 bits per heavy atom. The number of fused-ring (bicyclic) bond motifs is 1. The number of esters is 2. The maximum Gasteiger partial charge on any atom is 0.339 e. The Morgan fingerprint density at radius 3 is 2.00 bits per heavy atom. The summed E-state index contributed by atoms with van der Waals surface area (Å²) >= 11 is 0. The standard InChI is InChI=1S/C20H24O4/c1-19(2,3)18(22)23-16-12-8-9-13-14(16)10-7-11-15(13)17(21)24-20(4,5)6/h7-12H,1-6H3. The molecule has 0 fully saturated rings. The van der Waals surface area contributed by atoms with Crippen LogP contribution in [0.15, 0.2) is 36.4 Å². The van der Waals surface area contributed by atoms with E-state index in [1.807, 2.05) is 32.9 Å². The fourth-order valence-corrected chi connectivity index (χ4v) is 2.13. The first-order valence-electron chi connectivity index (χ1n) is 7.96. The van der Waals surface area contributed by atoms with Gasteiger partial charge in [-0.25, -0.2) is 4.79 Å². The molecule has 0 amide bonds. The highest BCUT2D eigenvalue weighted by Gasteiger charge is 2.25. The molecular formula is C20H24O4. The summed E-state index contributed by atoms with van der Waals surface area (Å²) in [5, 5.41) is 1.41. The molecule has 2 aromatic rings. The minimum Gasteiger partial charge on any atom is -0.456 e. The molecule has 24 heavy (non-hydrogen) atoms. The summed E-state index contributed by atoms with van der Waals surface area (Å²) in [6, 6.07) is 10.6. The Hall–Kier alpha value is -2.36. The lowest BCUT2D eigenvalue weighted by Crippen LogP contribution is -2.25. The molecule has 0 aromatic heterocycles. The highest BCUT2D eigenvalue weighted by atomic mass is 16.6. The van der Waals surface area contributed by atoms with Crippen molar-refractivity contribution in [3.63, 3.8) is 0 Å². The number of benzene rings is 2. The molecule has 0 spiro atoms. The number of hydrogen-bond acceptors (Lipinski definition) is 4. The second kappa shape index (κ2) is 6.27. The Morgan fingerprint density at radius 1 is 0.833 bits per heavy atom. The third-order valence-corrected chi connectivity index (χ3v) is 3.32. The first-order chi connectivity index (χ1) is 11.0. The molecular weight excluding hydrogens is 304 g/mol. The van der Waals surface area contributed by atoms with E-state index in [1.54, 1.807) is 45.0 Å². The van der Waals surface area contributed by atoms with Crippen LogP contribution >= 0.6 is 0 Å². The van der Waals surface area contributed by atoms with Gasteiger partial charge in [-0.05, 0) is 59.1 Å². The Bertz CT molecular complexity index is 776. The van der Waals surface area contributed by atoms with Crippen LogP contribution in [0.2, 0.25) is 0 Å². The lowest BCUT2D eigenvalue weighted by molar-refractivity contribution is -0.142. The molecule has 0 bridgehead atoms. The van der Waals surface area contributed by atoms with Gasteiger partial charge in [0.05, 0.1) is 11.0 Å². The van der Waals surface area contributed by atoms with Gasteiger partial charge in [-0.3, -0.25) is 4.79 Å². The number of ether oxygens (including phenoxy) is 2. The van der Waals surface area contributed by atoms with Crippen LogP contribution in [0.4, 0.5) is 0 Å². The van der Waals surface area contributed by atoms with E-state index < -0.39 is 17.0 Å². The van der Waals surface area contributed by atoms with Gasteiger partial charge in [0.1, 0.15) is 11.4 Å². The molecule has 0 atom stereocenters. The van der Waals surface area contributed by atoms with E-state index in [2.05, 4.69) is 0 Å². The Balaban J connectivity index is 2.47. The van der Waals surface area contributed by atoms with Crippen molar-refractivity contribution in [2.24, 2.45) is 5.41 Å². The molecule has 0 saturated heterocycles. The van der Waals surface area contributed by atoms with Crippen LogP contribution in [0, 0.1) is 5.41 Å². The van der Waals surface area contributed by atoms with Crippen LogP contribution in [0.3, 0.4) is 0 Å². The van der Waals surface area contributed by atoms with E-state index in [0.29, 0.717) is 22.1 Å². The minimum atomic E-state index is -0.606. The summed E-state index contributed by atoms with van der Waals surface area (Å²) in [6.07, 6.45) is 0. The Labute approximate surface area is 142 Å². The average Bonchev–Trinajstić information content (AvgIpc) is 2.44. The smallest absolute Gasteiger partial charge is 0.339 e. The zero-order valence-corrected chi connectivity index (χ0v) is 15.1. The molecule has 0 heterocycles. The monoisotopic (exact) mass is 328 g/mol. The normalized spacial score (nSPS) is 12.1. The van der Waals surface area contributed by atoms with Gasteiger partial charge < -0.3 is 9.47 Å². The highest BCUT2D eigenvalue weighted by Crippen LogP contribution is 2.30. The molecule has 2 rings (SSSR count). The van der Waals surface area contributed by atoms with Gasteiger partial charge in [-0.1, -0.05) is 24.3 Å². The van der Waals surface area contributed by atoms with E-state index in [4.69, 9.17) is 9.47 Å². The van der Waals surface area contributed by atoms with E-state index in [-0.39, 0.29) is 5.97 Å². The maximum atomic E-state index is 12.4. The zero-order valence-electron chi connectivity index (χ0n) is 15.1. The average molecular weight is 328 g/mol. The largest absolute Gasteiger partial charge is 0.456 e. The van der Waals surface area contributed by atoms with Gasteiger partial charge in [0.25, 0.3) is 0 Å². The molecule has 0 aliphatic heterocycles. The lowest BCUT2D eigenvalue weighted by Gasteiger charge is -2.20. The van der Waals surface area contributed by atoms with E-state index in [0.717, 1.165) is 0 Å². The minimum absolute atomic E-state index is 0.322. The number of hydrogen-bond donors (Lipinski definition) is 0. The summed E-state index contributed by atoms with van der Waals surface area (Å²) in [7, 11) is 0. The van der Waals surface area contributed by atoms with Crippen molar-refractivity contribution in [3.05, 3.63) is 42.0 Å². The van der Waals surface area contributed by atoms with Crippen molar-refractivity contribution in [1.29, 1.82) is 0 Å². The quantitative estimate of drug-likeness (QED) is 0.590. The molecule has 128 valence electrons. The fourth-order valence-electron chi connectivity index (χ4n) is 2.13. The van der Waals surface area contributed by atoms with E-state index in [9.17, 15) is 9.59 Å². The molecule has 0 saturated carbocycles. The highest BCUT2D eigenvalue weighted by molar-refractivity contribution is 6.06.